The molecule has 0 atom stereocenters. The van der Waals surface area contributed by atoms with Crippen LogP contribution in [0.2, 0.25) is 5.02 Å². The minimum atomic E-state index is -4.48. The number of nitrogen functional groups attached to an aromatic ring is 1. The summed E-state index contributed by atoms with van der Waals surface area (Å²) in [5.74, 6) is -0.810. The lowest BCUT2D eigenvalue weighted by atomic mass is 10.2. The van der Waals surface area contributed by atoms with Gasteiger partial charge in [0.25, 0.3) is 5.91 Å². The van der Waals surface area contributed by atoms with Crippen LogP contribution in [0.3, 0.4) is 0 Å². The van der Waals surface area contributed by atoms with Crippen LogP contribution in [0.15, 0.2) is 12.3 Å². The molecule has 2 N–H and O–H groups in total. The van der Waals surface area contributed by atoms with Crippen molar-refractivity contribution >= 4 is 23.3 Å². The summed E-state index contributed by atoms with van der Waals surface area (Å²) >= 11 is 5.76. The zero-order chi connectivity index (χ0) is 14.8. The molecule has 0 saturated carbocycles. The molecule has 19 heavy (non-hydrogen) atoms. The standard InChI is InChI=1S/C11H13ClF3N3O/c1-6(2)18(5-11(13,14)15)10(19)7-3-9(16)17-4-8(7)12/h3-4,6H,5H2,1-2H3,(H2,16,17). The molecule has 1 rings (SSSR count). The Morgan fingerprint density at radius 1 is 1.53 bits per heavy atom. The first-order chi connectivity index (χ1) is 8.61. The highest BCUT2D eigenvalue weighted by Gasteiger charge is 2.35. The molecule has 1 aromatic heterocycles. The number of pyridine rings is 1. The highest BCUT2D eigenvalue weighted by molar-refractivity contribution is 6.33. The summed E-state index contributed by atoms with van der Waals surface area (Å²) in [4.78, 5) is 16.4. The summed E-state index contributed by atoms with van der Waals surface area (Å²) in [7, 11) is 0. The lowest BCUT2D eigenvalue weighted by Gasteiger charge is -2.28. The summed E-state index contributed by atoms with van der Waals surface area (Å²) in [5, 5.41) is -0.0352. The maximum Gasteiger partial charge on any atom is 0.406 e. The van der Waals surface area contributed by atoms with E-state index >= 15 is 0 Å². The highest BCUT2D eigenvalue weighted by atomic mass is 35.5. The molecule has 8 heteroatoms. The van der Waals surface area contributed by atoms with Crippen LogP contribution in [0.5, 0.6) is 0 Å². The predicted molar refractivity (Wildman–Crippen MR) is 65.9 cm³/mol. The van der Waals surface area contributed by atoms with Gasteiger partial charge in [0.05, 0.1) is 10.6 Å². The van der Waals surface area contributed by atoms with Crippen molar-refractivity contribution in [3.63, 3.8) is 0 Å². The van der Waals surface area contributed by atoms with Crippen LogP contribution in [0.4, 0.5) is 19.0 Å². The highest BCUT2D eigenvalue weighted by Crippen LogP contribution is 2.23. The molecule has 1 heterocycles. The lowest BCUT2D eigenvalue weighted by molar-refractivity contribution is -0.143. The number of carbonyl (C=O) groups is 1. The molecule has 0 fully saturated rings. The molecule has 0 aliphatic heterocycles. The monoisotopic (exact) mass is 295 g/mol. The second-order valence-electron chi connectivity index (χ2n) is 4.23. The van der Waals surface area contributed by atoms with E-state index in [9.17, 15) is 18.0 Å². The summed E-state index contributed by atoms with van der Waals surface area (Å²) in [6.45, 7) is 1.63. The average molecular weight is 296 g/mol. The van der Waals surface area contributed by atoms with Gasteiger partial charge in [-0.2, -0.15) is 13.2 Å². The van der Waals surface area contributed by atoms with Crippen LogP contribution < -0.4 is 5.73 Å². The Morgan fingerprint density at radius 2 is 2.11 bits per heavy atom. The third kappa shape index (κ3) is 4.27. The van der Waals surface area contributed by atoms with Crippen LogP contribution >= 0.6 is 11.6 Å². The van der Waals surface area contributed by atoms with E-state index in [4.69, 9.17) is 17.3 Å². The number of nitrogens with two attached hydrogens (primary N) is 1. The van der Waals surface area contributed by atoms with E-state index in [0.29, 0.717) is 4.90 Å². The molecular weight excluding hydrogens is 283 g/mol. The zero-order valence-electron chi connectivity index (χ0n) is 10.3. The number of aromatic nitrogens is 1. The molecular formula is C11H13ClF3N3O. The van der Waals surface area contributed by atoms with Gasteiger partial charge in [-0.15, -0.1) is 0 Å². The van der Waals surface area contributed by atoms with E-state index in [1.54, 1.807) is 0 Å². The molecule has 0 unspecified atom stereocenters. The third-order valence-electron chi connectivity index (χ3n) is 2.34. The number of nitrogens with zero attached hydrogens (tertiary/aromatic N) is 2. The quantitative estimate of drug-likeness (QED) is 0.933. The molecule has 1 aromatic rings. The van der Waals surface area contributed by atoms with Crippen molar-refractivity contribution in [2.45, 2.75) is 26.1 Å². The molecule has 0 aromatic carbocycles. The van der Waals surface area contributed by atoms with Gasteiger partial charge >= 0.3 is 6.18 Å². The van der Waals surface area contributed by atoms with Crippen LogP contribution in [0.1, 0.15) is 24.2 Å². The van der Waals surface area contributed by atoms with Crippen molar-refractivity contribution in [3.05, 3.63) is 22.8 Å². The summed E-state index contributed by atoms with van der Waals surface area (Å²) in [6, 6.07) is 0.538. The number of rotatable bonds is 3. The SMILES string of the molecule is CC(C)N(CC(F)(F)F)C(=O)c1cc(N)ncc1Cl. The van der Waals surface area contributed by atoms with Crippen LogP contribution in [-0.2, 0) is 0 Å². The number of alkyl halides is 3. The Morgan fingerprint density at radius 3 is 2.58 bits per heavy atom. The van der Waals surface area contributed by atoms with Gasteiger partial charge in [0.1, 0.15) is 12.4 Å². The van der Waals surface area contributed by atoms with Gasteiger partial charge in [-0.3, -0.25) is 4.79 Å². The molecule has 0 aliphatic carbocycles. The number of carbonyl (C=O) groups excluding carboxylic acids is 1. The Kier molecular flexibility index (Phi) is 4.62. The first-order valence-electron chi connectivity index (χ1n) is 5.40. The molecule has 106 valence electrons. The molecule has 0 bridgehead atoms. The Bertz CT molecular complexity index is 477. The predicted octanol–water partition coefficient (Wildman–Crippen LogP) is 2.73. The Hall–Kier alpha value is -1.50. The van der Waals surface area contributed by atoms with E-state index in [1.807, 2.05) is 0 Å². The molecule has 0 aliphatic rings. The van der Waals surface area contributed by atoms with Gasteiger partial charge in [-0.1, -0.05) is 11.6 Å². The molecule has 0 spiro atoms. The third-order valence-corrected chi connectivity index (χ3v) is 2.64. The second-order valence-corrected chi connectivity index (χ2v) is 4.64. The van der Waals surface area contributed by atoms with Crippen LogP contribution in [0, 0.1) is 0 Å². The van der Waals surface area contributed by atoms with Crippen molar-refractivity contribution in [1.29, 1.82) is 0 Å². The van der Waals surface area contributed by atoms with Crippen molar-refractivity contribution in [2.24, 2.45) is 0 Å². The summed E-state index contributed by atoms with van der Waals surface area (Å²) in [5.41, 5.74) is 5.32. The topological polar surface area (TPSA) is 59.2 Å². The lowest BCUT2D eigenvalue weighted by Crippen LogP contribution is -2.43. The number of anilines is 1. The molecule has 0 saturated heterocycles. The van der Waals surface area contributed by atoms with Gasteiger partial charge in [0.2, 0.25) is 0 Å². The fourth-order valence-corrected chi connectivity index (χ4v) is 1.64. The van der Waals surface area contributed by atoms with Gasteiger partial charge in [0.15, 0.2) is 0 Å². The molecule has 0 radical (unpaired) electrons. The smallest absolute Gasteiger partial charge is 0.384 e. The van der Waals surface area contributed by atoms with Crippen LogP contribution in [-0.4, -0.2) is 34.6 Å². The van der Waals surface area contributed by atoms with Crippen molar-refractivity contribution in [2.75, 3.05) is 12.3 Å². The maximum absolute atomic E-state index is 12.5. The summed E-state index contributed by atoms with van der Waals surface area (Å²) in [6.07, 6.45) is -3.35. The minimum Gasteiger partial charge on any atom is -0.384 e. The molecule has 1 amide bonds. The number of hydrogen-bond acceptors (Lipinski definition) is 3. The number of amides is 1. The van der Waals surface area contributed by atoms with Crippen molar-refractivity contribution < 1.29 is 18.0 Å². The Balaban J connectivity index is 3.09. The van der Waals surface area contributed by atoms with Gasteiger partial charge in [-0.25, -0.2) is 4.98 Å². The number of halogens is 4. The number of hydrogen-bond donors (Lipinski definition) is 1. The fourth-order valence-electron chi connectivity index (χ4n) is 1.46. The second kappa shape index (κ2) is 5.64. The zero-order valence-corrected chi connectivity index (χ0v) is 11.1. The largest absolute Gasteiger partial charge is 0.406 e. The molecule has 4 nitrogen and oxygen atoms in total. The van der Waals surface area contributed by atoms with E-state index < -0.39 is 24.7 Å². The van der Waals surface area contributed by atoms with E-state index in [-0.39, 0.29) is 16.4 Å². The average Bonchev–Trinajstić information content (AvgIpc) is 2.27. The van der Waals surface area contributed by atoms with E-state index in [1.165, 1.54) is 13.8 Å². The van der Waals surface area contributed by atoms with Crippen molar-refractivity contribution in [3.8, 4) is 0 Å². The van der Waals surface area contributed by atoms with Gasteiger partial charge in [-0.05, 0) is 19.9 Å². The fraction of sp³-hybridized carbons (Fsp3) is 0.455. The van der Waals surface area contributed by atoms with Gasteiger partial charge in [0, 0.05) is 12.2 Å². The Labute approximate surface area is 113 Å². The summed E-state index contributed by atoms with van der Waals surface area (Å²) < 4.78 is 37.4. The first kappa shape index (κ1) is 15.6. The first-order valence-corrected chi connectivity index (χ1v) is 5.78. The normalized spacial score (nSPS) is 11.7. The van der Waals surface area contributed by atoms with Crippen molar-refractivity contribution in [1.82, 2.24) is 9.88 Å². The minimum absolute atomic E-state index is 0.0171. The van der Waals surface area contributed by atoms with Gasteiger partial charge < -0.3 is 10.6 Å². The maximum atomic E-state index is 12.5. The van der Waals surface area contributed by atoms with E-state index in [0.717, 1.165) is 12.3 Å². The van der Waals surface area contributed by atoms with E-state index in [2.05, 4.69) is 4.98 Å². The van der Waals surface area contributed by atoms with Crippen LogP contribution in [0.25, 0.3) is 0 Å².